The second kappa shape index (κ2) is 8.11. The highest BCUT2D eigenvalue weighted by Crippen LogP contribution is 2.21. The molecule has 1 aromatic rings. The molecule has 1 aliphatic heterocycles. The maximum atomic E-state index is 5.35. The minimum absolute atomic E-state index is 0. The van der Waals surface area contributed by atoms with Crippen molar-refractivity contribution in [2.45, 2.75) is 52.5 Å². The number of hydrogen-bond acceptors (Lipinski definition) is 5. The Morgan fingerprint density at radius 2 is 1.95 bits per heavy atom. The van der Waals surface area contributed by atoms with Gasteiger partial charge in [-0.05, 0) is 44.9 Å². The highest BCUT2D eigenvalue weighted by molar-refractivity contribution is 5.85. The van der Waals surface area contributed by atoms with Crippen molar-refractivity contribution in [2.24, 2.45) is 5.92 Å². The molecule has 0 radical (unpaired) electrons. The number of piperidine rings is 1. The van der Waals surface area contributed by atoms with Crippen molar-refractivity contribution in [3.05, 3.63) is 11.7 Å². The van der Waals surface area contributed by atoms with Gasteiger partial charge in [0.1, 0.15) is 0 Å². The Morgan fingerprint density at radius 3 is 2.48 bits per heavy atom. The van der Waals surface area contributed by atoms with E-state index in [4.69, 9.17) is 4.52 Å². The van der Waals surface area contributed by atoms with Crippen LogP contribution in [0.3, 0.4) is 0 Å². The first-order valence-corrected chi connectivity index (χ1v) is 7.75. The first-order chi connectivity index (χ1) is 9.49. The normalized spacial score (nSPS) is 17.7. The lowest BCUT2D eigenvalue weighted by atomic mass is 9.96. The van der Waals surface area contributed by atoms with Gasteiger partial charge < -0.3 is 9.84 Å². The Bertz CT molecular complexity index is 408. The number of halogens is 1. The maximum absolute atomic E-state index is 5.35. The summed E-state index contributed by atoms with van der Waals surface area (Å²) in [7, 11) is 0. The molecule has 0 aromatic carbocycles. The van der Waals surface area contributed by atoms with E-state index >= 15 is 0 Å². The molecular formula is C15H29ClN4O. The topological polar surface area (TPSA) is 54.2 Å². The van der Waals surface area contributed by atoms with Crippen LogP contribution >= 0.6 is 12.4 Å². The third kappa shape index (κ3) is 5.57. The molecule has 1 saturated heterocycles. The van der Waals surface area contributed by atoms with E-state index in [9.17, 15) is 0 Å². The SMILES string of the molecule is CCNCC1CCN(Cc2noc(C(C)(C)C)n2)CC1.Cl. The predicted molar refractivity (Wildman–Crippen MR) is 86.8 cm³/mol. The molecule has 1 fully saturated rings. The van der Waals surface area contributed by atoms with Crippen LogP contribution < -0.4 is 5.32 Å². The van der Waals surface area contributed by atoms with Crippen LogP contribution in [0.25, 0.3) is 0 Å². The minimum Gasteiger partial charge on any atom is -0.339 e. The van der Waals surface area contributed by atoms with E-state index in [1.54, 1.807) is 0 Å². The van der Waals surface area contributed by atoms with Crippen LogP contribution in [0.1, 0.15) is 52.3 Å². The predicted octanol–water partition coefficient (Wildman–Crippen LogP) is 2.61. The lowest BCUT2D eigenvalue weighted by molar-refractivity contribution is 0.170. The lowest BCUT2D eigenvalue weighted by Gasteiger charge is -2.31. The zero-order chi connectivity index (χ0) is 14.6. The third-order valence-corrected chi connectivity index (χ3v) is 3.86. The Hall–Kier alpha value is -0.650. The number of nitrogens with zero attached hydrogens (tertiary/aromatic N) is 3. The fourth-order valence-corrected chi connectivity index (χ4v) is 2.52. The van der Waals surface area contributed by atoms with Crippen LogP contribution in [-0.2, 0) is 12.0 Å². The molecule has 0 atom stereocenters. The van der Waals surface area contributed by atoms with Gasteiger partial charge in [0.05, 0.1) is 6.54 Å². The molecule has 0 amide bonds. The molecule has 1 aromatic heterocycles. The van der Waals surface area contributed by atoms with Gasteiger partial charge in [0.2, 0.25) is 5.89 Å². The molecule has 6 heteroatoms. The minimum atomic E-state index is -0.0654. The molecule has 0 spiro atoms. The molecule has 122 valence electrons. The standard InChI is InChI=1S/C15H28N4O.ClH/c1-5-16-10-12-6-8-19(9-7-12)11-13-17-14(20-18-13)15(2,3)4;/h12,16H,5-11H2,1-4H3;1H. The molecular weight excluding hydrogens is 288 g/mol. The van der Waals surface area contributed by atoms with Gasteiger partial charge in [-0.25, -0.2) is 0 Å². The fraction of sp³-hybridized carbons (Fsp3) is 0.867. The molecule has 21 heavy (non-hydrogen) atoms. The highest BCUT2D eigenvalue weighted by Gasteiger charge is 2.24. The summed E-state index contributed by atoms with van der Waals surface area (Å²) >= 11 is 0. The molecule has 0 bridgehead atoms. The molecule has 0 saturated carbocycles. The van der Waals surface area contributed by atoms with Crippen LogP contribution in [0.15, 0.2) is 4.52 Å². The summed E-state index contributed by atoms with van der Waals surface area (Å²) in [4.78, 5) is 6.94. The number of hydrogen-bond donors (Lipinski definition) is 1. The van der Waals surface area contributed by atoms with Gasteiger partial charge in [0.25, 0.3) is 0 Å². The number of rotatable bonds is 5. The summed E-state index contributed by atoms with van der Waals surface area (Å²) in [5.74, 6) is 2.37. The molecule has 2 heterocycles. The molecule has 5 nitrogen and oxygen atoms in total. The average Bonchev–Trinajstić information content (AvgIpc) is 2.86. The summed E-state index contributed by atoms with van der Waals surface area (Å²) < 4.78 is 5.35. The van der Waals surface area contributed by atoms with Crippen molar-refractivity contribution in [1.29, 1.82) is 0 Å². The van der Waals surface area contributed by atoms with Gasteiger partial charge in [-0.15, -0.1) is 12.4 Å². The van der Waals surface area contributed by atoms with E-state index in [1.165, 1.54) is 12.8 Å². The zero-order valence-corrected chi connectivity index (χ0v) is 14.5. The average molecular weight is 317 g/mol. The van der Waals surface area contributed by atoms with E-state index in [-0.39, 0.29) is 17.8 Å². The maximum Gasteiger partial charge on any atom is 0.232 e. The summed E-state index contributed by atoms with van der Waals surface area (Å²) in [6, 6.07) is 0. The molecule has 0 aliphatic carbocycles. The summed E-state index contributed by atoms with van der Waals surface area (Å²) in [5, 5.41) is 7.55. The lowest BCUT2D eigenvalue weighted by Crippen LogP contribution is -2.37. The van der Waals surface area contributed by atoms with E-state index in [0.29, 0.717) is 0 Å². The van der Waals surface area contributed by atoms with Gasteiger partial charge >= 0.3 is 0 Å². The summed E-state index contributed by atoms with van der Waals surface area (Å²) in [5.41, 5.74) is -0.0654. The van der Waals surface area contributed by atoms with Crippen molar-refractivity contribution >= 4 is 12.4 Å². The van der Waals surface area contributed by atoms with Gasteiger partial charge in [0, 0.05) is 5.41 Å². The second-order valence-corrected chi connectivity index (χ2v) is 6.79. The van der Waals surface area contributed by atoms with Crippen molar-refractivity contribution in [1.82, 2.24) is 20.4 Å². The monoisotopic (exact) mass is 316 g/mol. The van der Waals surface area contributed by atoms with E-state index in [0.717, 1.165) is 50.4 Å². The third-order valence-electron chi connectivity index (χ3n) is 3.86. The molecule has 1 aliphatic rings. The number of likely N-dealkylation sites (tertiary alicyclic amines) is 1. The van der Waals surface area contributed by atoms with Crippen molar-refractivity contribution in [3.63, 3.8) is 0 Å². The smallest absolute Gasteiger partial charge is 0.232 e. The molecule has 0 unspecified atom stereocenters. The van der Waals surface area contributed by atoms with Gasteiger partial charge in [-0.2, -0.15) is 4.98 Å². The van der Waals surface area contributed by atoms with Gasteiger partial charge in [0.15, 0.2) is 5.82 Å². The summed E-state index contributed by atoms with van der Waals surface area (Å²) in [6.07, 6.45) is 2.52. The van der Waals surface area contributed by atoms with E-state index in [1.807, 2.05) is 0 Å². The number of aromatic nitrogens is 2. The number of nitrogens with one attached hydrogen (secondary N) is 1. The molecule has 2 rings (SSSR count). The molecule has 1 N–H and O–H groups in total. The zero-order valence-electron chi connectivity index (χ0n) is 13.7. The Kier molecular flexibility index (Phi) is 7.10. The van der Waals surface area contributed by atoms with Crippen molar-refractivity contribution < 1.29 is 4.52 Å². The highest BCUT2D eigenvalue weighted by atomic mass is 35.5. The van der Waals surface area contributed by atoms with E-state index in [2.05, 4.69) is 48.1 Å². The van der Waals surface area contributed by atoms with Crippen LogP contribution in [0.4, 0.5) is 0 Å². The Labute approximate surface area is 134 Å². The van der Waals surface area contributed by atoms with Crippen molar-refractivity contribution in [3.8, 4) is 0 Å². The second-order valence-electron chi connectivity index (χ2n) is 6.79. The fourth-order valence-electron chi connectivity index (χ4n) is 2.52. The first kappa shape index (κ1) is 18.4. The van der Waals surface area contributed by atoms with E-state index < -0.39 is 0 Å². The van der Waals surface area contributed by atoms with Gasteiger partial charge in [-0.1, -0.05) is 32.9 Å². The van der Waals surface area contributed by atoms with Gasteiger partial charge in [-0.3, -0.25) is 4.90 Å². The van der Waals surface area contributed by atoms with Crippen LogP contribution in [0, 0.1) is 5.92 Å². The summed E-state index contributed by atoms with van der Waals surface area (Å²) in [6.45, 7) is 13.7. The van der Waals surface area contributed by atoms with Crippen LogP contribution in [0.5, 0.6) is 0 Å². The van der Waals surface area contributed by atoms with Crippen LogP contribution in [0.2, 0.25) is 0 Å². The largest absolute Gasteiger partial charge is 0.339 e. The quantitative estimate of drug-likeness (QED) is 0.905. The first-order valence-electron chi connectivity index (χ1n) is 7.75. The Balaban J connectivity index is 0.00000220. The Morgan fingerprint density at radius 1 is 1.29 bits per heavy atom. The van der Waals surface area contributed by atoms with Crippen LogP contribution in [-0.4, -0.2) is 41.2 Å². The van der Waals surface area contributed by atoms with Crippen molar-refractivity contribution in [2.75, 3.05) is 26.2 Å².